The molecule has 0 bridgehead atoms. The zero-order valence-corrected chi connectivity index (χ0v) is 13.5. The van der Waals surface area contributed by atoms with E-state index in [1.54, 1.807) is 0 Å². The van der Waals surface area contributed by atoms with E-state index in [0.29, 0.717) is 12.7 Å². The third-order valence-corrected chi connectivity index (χ3v) is 2.74. The molecule has 0 amide bonds. The average Bonchev–Trinajstić information content (AvgIpc) is 2.28. The molecule has 1 rings (SSSR count). The van der Waals surface area contributed by atoms with E-state index in [-0.39, 0.29) is 46.9 Å². The van der Waals surface area contributed by atoms with Gasteiger partial charge in [-0.05, 0) is 6.42 Å². The quantitative estimate of drug-likeness (QED) is 0.673. The molecule has 0 aromatic heterocycles. The zero-order chi connectivity index (χ0) is 11.1. The SMILES string of the molecule is [CH2-]CN(C[CH2-])CC1COC(CCC)CO1.[Nd]. The van der Waals surface area contributed by atoms with Gasteiger partial charge in [-0.1, -0.05) is 13.3 Å². The Morgan fingerprint density at radius 2 is 1.69 bits per heavy atom. The van der Waals surface area contributed by atoms with E-state index in [9.17, 15) is 0 Å². The summed E-state index contributed by atoms with van der Waals surface area (Å²) < 4.78 is 11.5. The predicted molar refractivity (Wildman–Crippen MR) is 61.5 cm³/mol. The average molecular weight is 358 g/mol. The summed E-state index contributed by atoms with van der Waals surface area (Å²) in [5.41, 5.74) is 0. The summed E-state index contributed by atoms with van der Waals surface area (Å²) in [6.45, 7) is 13.8. The van der Waals surface area contributed by atoms with Crippen molar-refractivity contribution in [1.29, 1.82) is 0 Å². The Morgan fingerprint density at radius 3 is 2.12 bits per heavy atom. The van der Waals surface area contributed by atoms with Crippen LogP contribution in [0.1, 0.15) is 19.8 Å². The molecule has 0 spiro atoms. The van der Waals surface area contributed by atoms with Crippen LogP contribution in [-0.4, -0.2) is 50.0 Å². The molecule has 16 heavy (non-hydrogen) atoms. The first-order chi connectivity index (χ1) is 7.30. The molecule has 0 saturated carbocycles. The van der Waals surface area contributed by atoms with Crippen LogP contribution >= 0.6 is 0 Å². The molecule has 0 aromatic carbocycles. The van der Waals surface area contributed by atoms with E-state index in [0.717, 1.165) is 39.1 Å². The maximum absolute atomic E-state index is 5.76. The molecule has 0 aliphatic carbocycles. The van der Waals surface area contributed by atoms with Crippen LogP contribution < -0.4 is 0 Å². The van der Waals surface area contributed by atoms with Crippen molar-refractivity contribution in [2.45, 2.75) is 32.0 Å². The number of hydrogen-bond donors (Lipinski definition) is 0. The van der Waals surface area contributed by atoms with Crippen LogP contribution in [0.4, 0.5) is 0 Å². The molecular weight excluding hydrogens is 334 g/mol. The standard InChI is InChI=1S/C12H23NO2.Nd/c1-4-7-11-9-15-12(10-14-11)8-13(5-2)6-3;/h11-12H,2-10H2,1H3;/q-2;. The largest absolute Gasteiger partial charge is 0.373 e. The van der Waals surface area contributed by atoms with E-state index in [2.05, 4.69) is 25.7 Å². The maximum Gasteiger partial charge on any atom is 0.0934 e. The van der Waals surface area contributed by atoms with Gasteiger partial charge in [-0.3, -0.25) is 0 Å². The third kappa shape index (κ3) is 6.24. The Kier molecular flexibility index (Phi) is 11.0. The van der Waals surface area contributed by atoms with Gasteiger partial charge in [-0.25, -0.2) is 0 Å². The van der Waals surface area contributed by atoms with E-state index in [4.69, 9.17) is 9.47 Å². The minimum absolute atomic E-state index is 0. The van der Waals surface area contributed by atoms with Gasteiger partial charge in [0, 0.05) is 47.4 Å². The second-order valence-electron chi connectivity index (χ2n) is 4.00. The first-order valence-electron chi connectivity index (χ1n) is 5.84. The minimum atomic E-state index is 0. The molecule has 3 nitrogen and oxygen atoms in total. The van der Waals surface area contributed by atoms with Crippen molar-refractivity contribution in [1.82, 2.24) is 4.90 Å². The van der Waals surface area contributed by atoms with Crippen molar-refractivity contribution in [2.24, 2.45) is 0 Å². The smallest absolute Gasteiger partial charge is 0.0934 e. The van der Waals surface area contributed by atoms with Crippen molar-refractivity contribution in [3.63, 3.8) is 0 Å². The number of rotatable bonds is 6. The third-order valence-electron chi connectivity index (χ3n) is 2.74. The van der Waals surface area contributed by atoms with Crippen molar-refractivity contribution < 1.29 is 50.3 Å². The van der Waals surface area contributed by atoms with Crippen molar-refractivity contribution >= 4 is 0 Å². The molecule has 1 heterocycles. The van der Waals surface area contributed by atoms with Gasteiger partial charge in [-0.15, -0.1) is 13.1 Å². The fourth-order valence-corrected chi connectivity index (χ4v) is 1.76. The van der Waals surface area contributed by atoms with Crippen LogP contribution in [0.3, 0.4) is 0 Å². The first kappa shape index (κ1) is 17.2. The van der Waals surface area contributed by atoms with E-state index in [1.165, 1.54) is 0 Å². The van der Waals surface area contributed by atoms with Gasteiger partial charge in [0.1, 0.15) is 0 Å². The molecule has 1 aliphatic heterocycles. The Bertz CT molecular complexity index is 157. The number of nitrogens with zero attached hydrogens (tertiary/aromatic N) is 1. The summed E-state index contributed by atoms with van der Waals surface area (Å²) in [5, 5.41) is 0. The topological polar surface area (TPSA) is 21.7 Å². The molecule has 2 atom stereocenters. The van der Waals surface area contributed by atoms with Gasteiger partial charge in [0.2, 0.25) is 0 Å². The Balaban J connectivity index is 0.00000225. The summed E-state index contributed by atoms with van der Waals surface area (Å²) >= 11 is 0. The molecule has 94 valence electrons. The van der Waals surface area contributed by atoms with E-state index in [1.807, 2.05) is 0 Å². The van der Waals surface area contributed by atoms with Gasteiger partial charge < -0.3 is 28.2 Å². The Hall–Kier alpha value is 1.23. The summed E-state index contributed by atoms with van der Waals surface area (Å²) in [4.78, 5) is 2.16. The van der Waals surface area contributed by atoms with Crippen LogP contribution in [0.15, 0.2) is 0 Å². The number of ether oxygens (including phenoxy) is 2. The summed E-state index contributed by atoms with van der Waals surface area (Å²) in [6, 6.07) is 0. The van der Waals surface area contributed by atoms with Crippen LogP contribution in [0, 0.1) is 54.7 Å². The maximum atomic E-state index is 5.76. The minimum Gasteiger partial charge on any atom is -0.373 e. The molecule has 0 aromatic rings. The monoisotopic (exact) mass is 355 g/mol. The first-order valence-corrected chi connectivity index (χ1v) is 5.84. The molecule has 0 N–H and O–H groups in total. The van der Waals surface area contributed by atoms with Crippen molar-refractivity contribution in [2.75, 3.05) is 32.8 Å². The van der Waals surface area contributed by atoms with Crippen LogP contribution in [-0.2, 0) is 9.47 Å². The van der Waals surface area contributed by atoms with Gasteiger partial charge in [0.15, 0.2) is 0 Å². The fourth-order valence-electron chi connectivity index (χ4n) is 1.76. The summed E-state index contributed by atoms with van der Waals surface area (Å²) in [5.74, 6) is 0. The summed E-state index contributed by atoms with van der Waals surface area (Å²) in [6.07, 6.45) is 2.75. The van der Waals surface area contributed by atoms with Crippen LogP contribution in [0.5, 0.6) is 0 Å². The normalized spacial score (nSPS) is 25.5. The second kappa shape index (κ2) is 10.2. The van der Waals surface area contributed by atoms with Gasteiger partial charge in [0.05, 0.1) is 25.4 Å². The van der Waals surface area contributed by atoms with Gasteiger partial charge in [0.25, 0.3) is 0 Å². The van der Waals surface area contributed by atoms with Crippen molar-refractivity contribution in [3.05, 3.63) is 13.8 Å². The van der Waals surface area contributed by atoms with E-state index >= 15 is 0 Å². The summed E-state index contributed by atoms with van der Waals surface area (Å²) in [7, 11) is 0. The number of hydrogen-bond acceptors (Lipinski definition) is 3. The van der Waals surface area contributed by atoms with Crippen LogP contribution in [0.2, 0.25) is 0 Å². The molecule has 1 fully saturated rings. The molecule has 4 heteroatoms. The second-order valence-corrected chi connectivity index (χ2v) is 4.00. The zero-order valence-electron chi connectivity index (χ0n) is 10.3. The van der Waals surface area contributed by atoms with Crippen LogP contribution in [0.25, 0.3) is 0 Å². The van der Waals surface area contributed by atoms with Gasteiger partial charge in [-0.2, -0.15) is 0 Å². The van der Waals surface area contributed by atoms with E-state index < -0.39 is 0 Å². The Morgan fingerprint density at radius 1 is 1.12 bits per heavy atom. The Labute approximate surface area is 133 Å². The van der Waals surface area contributed by atoms with Gasteiger partial charge >= 0.3 is 0 Å². The molecule has 1 saturated heterocycles. The van der Waals surface area contributed by atoms with Crippen molar-refractivity contribution in [3.8, 4) is 0 Å². The molecule has 2 unspecified atom stereocenters. The predicted octanol–water partition coefficient (Wildman–Crippen LogP) is 1.54. The molecular formula is C12H23NNdO2-2. The molecule has 0 radical (unpaired) electrons. The fraction of sp³-hybridized carbons (Fsp3) is 0.833. The molecule has 1 aliphatic rings.